The fraction of sp³-hybridized carbons (Fsp3) is 0.214. The van der Waals surface area contributed by atoms with Gasteiger partial charge in [0.15, 0.2) is 5.82 Å². The maximum Gasteiger partial charge on any atom is 0.171 e. The van der Waals surface area contributed by atoms with Crippen molar-refractivity contribution < 1.29 is 0 Å². The number of nitrogens with one attached hydrogen (secondary N) is 1. The molecule has 0 atom stereocenters. The normalized spacial score (nSPS) is 10.0. The van der Waals surface area contributed by atoms with Gasteiger partial charge in [0.1, 0.15) is 11.6 Å². The van der Waals surface area contributed by atoms with E-state index in [0.29, 0.717) is 11.4 Å². The molecule has 2 rings (SSSR count). The van der Waals surface area contributed by atoms with E-state index in [1.165, 1.54) is 0 Å². The minimum atomic E-state index is 0.504. The topological polar surface area (TPSA) is 61.6 Å². The molecular formula is C14H14N4S. The number of nitriles is 1. The zero-order valence-electron chi connectivity index (χ0n) is 11.1. The second-order valence-electron chi connectivity index (χ2n) is 4.10. The Morgan fingerprint density at radius 1 is 1.26 bits per heavy atom. The number of hydrogen-bond donors (Lipinski definition) is 1. The van der Waals surface area contributed by atoms with Gasteiger partial charge in [-0.05, 0) is 43.9 Å². The van der Waals surface area contributed by atoms with Crippen molar-refractivity contribution in [2.45, 2.75) is 18.7 Å². The zero-order valence-corrected chi connectivity index (χ0v) is 11.9. The van der Waals surface area contributed by atoms with Crippen LogP contribution in [-0.2, 0) is 0 Å². The van der Waals surface area contributed by atoms with E-state index in [9.17, 15) is 5.26 Å². The Labute approximate surface area is 116 Å². The predicted octanol–water partition coefficient (Wildman–Crippen LogP) is 3.43. The predicted molar refractivity (Wildman–Crippen MR) is 77.7 cm³/mol. The maximum absolute atomic E-state index is 9.24. The van der Waals surface area contributed by atoms with Crippen LogP contribution >= 0.6 is 11.8 Å². The lowest BCUT2D eigenvalue weighted by Gasteiger charge is -2.10. The summed E-state index contributed by atoms with van der Waals surface area (Å²) in [6.07, 6.45) is 2.02. The molecule has 1 aromatic heterocycles. The third-order valence-corrected chi connectivity index (χ3v) is 3.62. The molecule has 96 valence electrons. The van der Waals surface area contributed by atoms with Crippen molar-refractivity contribution in [3.8, 4) is 6.07 Å². The molecule has 19 heavy (non-hydrogen) atoms. The molecule has 2 aromatic rings. The smallest absolute Gasteiger partial charge is 0.171 e. The summed E-state index contributed by atoms with van der Waals surface area (Å²) < 4.78 is 0. The Bertz CT molecular complexity index is 646. The summed E-state index contributed by atoms with van der Waals surface area (Å²) in [7, 11) is 0. The van der Waals surface area contributed by atoms with E-state index >= 15 is 0 Å². The van der Waals surface area contributed by atoms with E-state index in [0.717, 1.165) is 21.8 Å². The molecule has 4 nitrogen and oxygen atoms in total. The van der Waals surface area contributed by atoms with E-state index in [-0.39, 0.29) is 0 Å². The van der Waals surface area contributed by atoms with Crippen molar-refractivity contribution in [2.24, 2.45) is 0 Å². The average molecular weight is 270 g/mol. The van der Waals surface area contributed by atoms with Crippen molar-refractivity contribution in [1.82, 2.24) is 10.2 Å². The minimum Gasteiger partial charge on any atom is -0.338 e. The molecule has 1 heterocycles. The van der Waals surface area contributed by atoms with Gasteiger partial charge in [0.2, 0.25) is 0 Å². The third kappa shape index (κ3) is 2.85. The Balaban J connectivity index is 2.38. The molecule has 0 saturated carbocycles. The highest BCUT2D eigenvalue weighted by Gasteiger charge is 2.10. The number of nitrogens with zero attached hydrogens (tertiary/aromatic N) is 3. The van der Waals surface area contributed by atoms with Gasteiger partial charge in [-0.3, -0.25) is 0 Å². The van der Waals surface area contributed by atoms with Crippen LogP contribution in [0.5, 0.6) is 0 Å². The van der Waals surface area contributed by atoms with Gasteiger partial charge in [0.25, 0.3) is 0 Å². The number of aryl methyl sites for hydroxylation is 1. The number of rotatable bonds is 3. The van der Waals surface area contributed by atoms with E-state index in [1.54, 1.807) is 11.8 Å². The van der Waals surface area contributed by atoms with E-state index in [1.807, 2.05) is 44.4 Å². The molecule has 0 bridgehead atoms. The van der Waals surface area contributed by atoms with Crippen molar-refractivity contribution in [3.05, 3.63) is 41.1 Å². The maximum atomic E-state index is 9.24. The van der Waals surface area contributed by atoms with Crippen LogP contribution in [-0.4, -0.2) is 16.5 Å². The van der Waals surface area contributed by atoms with Gasteiger partial charge >= 0.3 is 0 Å². The minimum absolute atomic E-state index is 0.504. The van der Waals surface area contributed by atoms with Gasteiger partial charge in [-0.2, -0.15) is 10.4 Å². The van der Waals surface area contributed by atoms with Crippen molar-refractivity contribution in [2.75, 3.05) is 11.6 Å². The molecule has 5 heteroatoms. The zero-order chi connectivity index (χ0) is 13.8. The molecule has 0 aliphatic rings. The fourth-order valence-electron chi connectivity index (χ4n) is 1.67. The lowest BCUT2D eigenvalue weighted by molar-refractivity contribution is 0.960. The average Bonchev–Trinajstić information content (AvgIpc) is 2.43. The summed E-state index contributed by atoms with van der Waals surface area (Å²) in [6, 6.07) is 10.1. The number of hydrogen-bond acceptors (Lipinski definition) is 5. The van der Waals surface area contributed by atoms with Crippen LogP contribution in [0.1, 0.15) is 16.8 Å². The molecule has 0 aliphatic heterocycles. The first kappa shape index (κ1) is 13.4. The van der Waals surface area contributed by atoms with Gasteiger partial charge in [-0.1, -0.05) is 6.07 Å². The molecule has 0 amide bonds. The largest absolute Gasteiger partial charge is 0.338 e. The van der Waals surface area contributed by atoms with Crippen molar-refractivity contribution in [3.63, 3.8) is 0 Å². The van der Waals surface area contributed by atoms with Crippen molar-refractivity contribution >= 4 is 23.3 Å². The third-order valence-electron chi connectivity index (χ3n) is 2.90. The first-order valence-electron chi connectivity index (χ1n) is 5.80. The molecule has 0 aliphatic carbocycles. The molecule has 0 fully saturated rings. The molecule has 1 N–H and O–H groups in total. The van der Waals surface area contributed by atoms with E-state index < -0.39 is 0 Å². The monoisotopic (exact) mass is 270 g/mol. The van der Waals surface area contributed by atoms with Gasteiger partial charge in [-0.15, -0.1) is 16.9 Å². The highest BCUT2D eigenvalue weighted by molar-refractivity contribution is 7.98. The summed E-state index contributed by atoms with van der Waals surface area (Å²) in [4.78, 5) is 1.15. The SMILES string of the molecule is CSc1cccc(Nc2nnc(C)c(C)c2C#N)c1. The van der Waals surface area contributed by atoms with Gasteiger partial charge in [-0.25, -0.2) is 0 Å². The Morgan fingerprint density at radius 3 is 2.74 bits per heavy atom. The van der Waals surface area contributed by atoms with Crippen LogP contribution in [0.3, 0.4) is 0 Å². The first-order chi connectivity index (χ1) is 9.15. The van der Waals surface area contributed by atoms with Crippen LogP contribution in [0.2, 0.25) is 0 Å². The van der Waals surface area contributed by atoms with Crippen LogP contribution < -0.4 is 5.32 Å². The summed E-state index contributed by atoms with van der Waals surface area (Å²) in [6.45, 7) is 3.73. The molecule has 0 unspecified atom stereocenters. The second-order valence-corrected chi connectivity index (χ2v) is 4.98. The first-order valence-corrected chi connectivity index (χ1v) is 7.03. The Hall–Kier alpha value is -2.06. The summed E-state index contributed by atoms with van der Waals surface area (Å²) in [5.74, 6) is 0.504. The molecule has 0 spiro atoms. The number of benzene rings is 1. The highest BCUT2D eigenvalue weighted by atomic mass is 32.2. The van der Waals surface area contributed by atoms with Crippen LogP contribution in [0, 0.1) is 25.2 Å². The standard InChI is InChI=1S/C14H14N4S/c1-9-10(2)17-18-14(13(9)8-15)16-11-5-4-6-12(7-11)19-3/h4-7H,1-3H3,(H,16,18). The molecule has 1 aromatic carbocycles. The Kier molecular flexibility index (Phi) is 4.03. The highest BCUT2D eigenvalue weighted by Crippen LogP contribution is 2.24. The second kappa shape index (κ2) is 5.72. The van der Waals surface area contributed by atoms with Gasteiger partial charge < -0.3 is 5.32 Å². The lowest BCUT2D eigenvalue weighted by atomic mass is 10.1. The summed E-state index contributed by atoms with van der Waals surface area (Å²) in [5, 5.41) is 20.5. The number of thioether (sulfide) groups is 1. The number of anilines is 2. The Morgan fingerprint density at radius 2 is 2.05 bits per heavy atom. The van der Waals surface area contributed by atoms with Gasteiger partial charge in [0, 0.05) is 10.6 Å². The fourth-order valence-corrected chi connectivity index (χ4v) is 2.13. The molecular weight excluding hydrogens is 256 g/mol. The van der Waals surface area contributed by atoms with Gasteiger partial charge in [0.05, 0.1) is 5.69 Å². The summed E-state index contributed by atoms with van der Waals surface area (Å²) in [5.41, 5.74) is 3.09. The quantitative estimate of drug-likeness (QED) is 0.866. The van der Waals surface area contributed by atoms with Crippen molar-refractivity contribution in [1.29, 1.82) is 5.26 Å². The van der Waals surface area contributed by atoms with E-state index in [4.69, 9.17) is 0 Å². The summed E-state index contributed by atoms with van der Waals surface area (Å²) >= 11 is 1.67. The molecule has 0 saturated heterocycles. The lowest BCUT2D eigenvalue weighted by Crippen LogP contribution is -2.03. The van der Waals surface area contributed by atoms with Crippen LogP contribution in [0.15, 0.2) is 29.2 Å². The number of aromatic nitrogens is 2. The van der Waals surface area contributed by atoms with Crippen LogP contribution in [0.4, 0.5) is 11.5 Å². The van der Waals surface area contributed by atoms with E-state index in [2.05, 4.69) is 21.6 Å². The molecule has 0 radical (unpaired) electrons. The van der Waals surface area contributed by atoms with Crippen LogP contribution in [0.25, 0.3) is 0 Å².